The first kappa shape index (κ1) is 17.4. The van der Waals surface area contributed by atoms with Crippen molar-refractivity contribution < 1.29 is 13.6 Å². The summed E-state index contributed by atoms with van der Waals surface area (Å²) >= 11 is 0. The van der Waals surface area contributed by atoms with Gasteiger partial charge in [0.05, 0.1) is 0 Å². The molecule has 0 saturated carbocycles. The highest BCUT2D eigenvalue weighted by Gasteiger charge is 2.17. The topological polar surface area (TPSA) is 44.4 Å². The number of benzene rings is 2. The molecule has 1 aliphatic rings. The number of nitrogens with one attached hydrogen (secondary N) is 2. The van der Waals surface area contributed by atoms with Crippen LogP contribution in [-0.2, 0) is 0 Å². The third-order valence-electron chi connectivity index (χ3n) is 4.35. The summed E-state index contributed by atoms with van der Waals surface area (Å²) in [7, 11) is 2.08. The number of hydrogen-bond acceptors (Lipinski definition) is 3. The van der Waals surface area contributed by atoms with Gasteiger partial charge in [0.1, 0.15) is 11.6 Å². The highest BCUT2D eigenvalue weighted by atomic mass is 19.1. The fourth-order valence-electron chi connectivity index (χ4n) is 2.94. The van der Waals surface area contributed by atoms with Crippen LogP contribution < -0.4 is 10.6 Å². The Morgan fingerprint density at radius 3 is 2.32 bits per heavy atom. The quantitative estimate of drug-likeness (QED) is 0.888. The molecule has 0 bridgehead atoms. The van der Waals surface area contributed by atoms with Crippen LogP contribution in [0.2, 0.25) is 0 Å². The van der Waals surface area contributed by atoms with E-state index in [0.29, 0.717) is 23.0 Å². The number of halogens is 2. The summed E-state index contributed by atoms with van der Waals surface area (Å²) in [4.78, 5) is 14.5. The molecule has 4 nitrogen and oxygen atoms in total. The second-order valence-corrected chi connectivity index (χ2v) is 6.41. The predicted molar refractivity (Wildman–Crippen MR) is 94.9 cm³/mol. The molecule has 0 aromatic heterocycles. The van der Waals surface area contributed by atoms with Crippen molar-refractivity contribution in [1.82, 2.24) is 4.90 Å². The minimum absolute atomic E-state index is 0.290. The summed E-state index contributed by atoms with van der Waals surface area (Å²) < 4.78 is 26.8. The molecule has 6 heteroatoms. The first-order valence-electron chi connectivity index (χ1n) is 8.32. The lowest BCUT2D eigenvalue weighted by molar-refractivity contribution is 0.102. The monoisotopic (exact) mass is 345 g/mol. The van der Waals surface area contributed by atoms with Gasteiger partial charge in [-0.2, -0.15) is 0 Å². The van der Waals surface area contributed by atoms with Crippen molar-refractivity contribution in [3.05, 3.63) is 59.7 Å². The van der Waals surface area contributed by atoms with Gasteiger partial charge in [-0.1, -0.05) is 0 Å². The van der Waals surface area contributed by atoms with Gasteiger partial charge in [-0.15, -0.1) is 0 Å². The van der Waals surface area contributed by atoms with E-state index >= 15 is 0 Å². The molecule has 1 aliphatic heterocycles. The number of piperidine rings is 1. The average Bonchev–Trinajstić information content (AvgIpc) is 2.57. The maximum atomic E-state index is 13.9. The third-order valence-corrected chi connectivity index (χ3v) is 4.35. The minimum atomic E-state index is -0.424. The molecule has 1 amide bonds. The van der Waals surface area contributed by atoms with Crippen LogP contribution in [-0.4, -0.2) is 37.0 Å². The Labute approximate surface area is 145 Å². The zero-order chi connectivity index (χ0) is 17.8. The molecule has 25 heavy (non-hydrogen) atoms. The standard InChI is InChI=1S/C19H21F2N3O/c1-24-8-6-16(7-9-24)22-17-10-15(21)11-18(12-17)23-19(25)13-2-4-14(20)5-3-13/h2-5,10-12,16,22H,6-9H2,1H3,(H,23,25). The number of nitrogens with zero attached hydrogens (tertiary/aromatic N) is 1. The number of anilines is 2. The Morgan fingerprint density at radius 1 is 1.00 bits per heavy atom. The van der Waals surface area contributed by atoms with Crippen LogP contribution in [0.25, 0.3) is 0 Å². The largest absolute Gasteiger partial charge is 0.382 e. The minimum Gasteiger partial charge on any atom is -0.382 e. The van der Waals surface area contributed by atoms with E-state index in [1.807, 2.05) is 0 Å². The molecule has 3 rings (SSSR count). The Kier molecular flexibility index (Phi) is 5.28. The molecule has 1 fully saturated rings. The summed E-state index contributed by atoms with van der Waals surface area (Å²) in [5.41, 5.74) is 1.32. The zero-order valence-electron chi connectivity index (χ0n) is 14.1. The van der Waals surface area contributed by atoms with Crippen LogP contribution in [0.4, 0.5) is 20.2 Å². The van der Waals surface area contributed by atoms with Gasteiger partial charge in [0.25, 0.3) is 5.91 Å². The van der Waals surface area contributed by atoms with E-state index in [1.54, 1.807) is 6.07 Å². The molecule has 132 valence electrons. The fourth-order valence-corrected chi connectivity index (χ4v) is 2.94. The molecular formula is C19H21F2N3O. The van der Waals surface area contributed by atoms with E-state index in [4.69, 9.17) is 0 Å². The highest BCUT2D eigenvalue weighted by molar-refractivity contribution is 6.04. The first-order valence-corrected chi connectivity index (χ1v) is 8.32. The average molecular weight is 345 g/mol. The summed E-state index contributed by atoms with van der Waals surface area (Å²) in [6, 6.07) is 9.90. The van der Waals surface area contributed by atoms with Crippen LogP contribution in [0.15, 0.2) is 42.5 Å². The van der Waals surface area contributed by atoms with E-state index < -0.39 is 17.5 Å². The number of likely N-dealkylation sites (tertiary alicyclic amines) is 1. The third kappa shape index (κ3) is 4.76. The lowest BCUT2D eigenvalue weighted by atomic mass is 10.1. The van der Waals surface area contributed by atoms with Crippen molar-refractivity contribution in [1.29, 1.82) is 0 Å². The van der Waals surface area contributed by atoms with Crippen molar-refractivity contribution in [2.45, 2.75) is 18.9 Å². The predicted octanol–water partition coefficient (Wildman–Crippen LogP) is 3.72. The molecule has 1 saturated heterocycles. The molecule has 1 heterocycles. The summed E-state index contributed by atoms with van der Waals surface area (Å²) in [6.45, 7) is 2.00. The van der Waals surface area contributed by atoms with Gasteiger partial charge in [-0.25, -0.2) is 8.78 Å². The second-order valence-electron chi connectivity index (χ2n) is 6.41. The summed E-state index contributed by atoms with van der Waals surface area (Å²) in [5, 5.41) is 5.99. The van der Waals surface area contributed by atoms with Gasteiger partial charge in [0.2, 0.25) is 0 Å². The molecule has 2 aromatic rings. The fraction of sp³-hybridized carbons (Fsp3) is 0.316. The SMILES string of the molecule is CN1CCC(Nc2cc(F)cc(NC(=O)c3ccc(F)cc3)c2)CC1. The normalized spacial score (nSPS) is 15.8. The van der Waals surface area contributed by atoms with Gasteiger partial charge in [-0.3, -0.25) is 4.79 Å². The van der Waals surface area contributed by atoms with E-state index in [2.05, 4.69) is 22.6 Å². The molecule has 2 aromatic carbocycles. The van der Waals surface area contributed by atoms with Crippen LogP contribution in [0.1, 0.15) is 23.2 Å². The molecule has 2 N–H and O–H groups in total. The van der Waals surface area contributed by atoms with Gasteiger partial charge in [0, 0.05) is 23.0 Å². The summed E-state index contributed by atoms with van der Waals surface area (Å²) in [6.07, 6.45) is 1.98. The van der Waals surface area contributed by atoms with Gasteiger partial charge >= 0.3 is 0 Å². The smallest absolute Gasteiger partial charge is 0.255 e. The van der Waals surface area contributed by atoms with E-state index in [0.717, 1.165) is 25.9 Å². The Balaban J connectivity index is 1.68. The van der Waals surface area contributed by atoms with Crippen LogP contribution >= 0.6 is 0 Å². The van der Waals surface area contributed by atoms with E-state index in [1.165, 1.54) is 36.4 Å². The second kappa shape index (κ2) is 7.61. The number of carbonyl (C=O) groups is 1. The number of amides is 1. The molecule has 0 radical (unpaired) electrons. The maximum absolute atomic E-state index is 13.9. The highest BCUT2D eigenvalue weighted by Crippen LogP contribution is 2.22. The molecule has 0 unspecified atom stereocenters. The Morgan fingerprint density at radius 2 is 1.64 bits per heavy atom. The molecule has 0 aliphatic carbocycles. The Hall–Kier alpha value is -2.47. The number of rotatable bonds is 4. The van der Waals surface area contributed by atoms with Crippen LogP contribution in [0.5, 0.6) is 0 Å². The summed E-state index contributed by atoms with van der Waals surface area (Å²) in [5.74, 6) is -1.24. The van der Waals surface area contributed by atoms with Crippen molar-refractivity contribution in [3.63, 3.8) is 0 Å². The van der Waals surface area contributed by atoms with Crippen molar-refractivity contribution >= 4 is 17.3 Å². The molecular weight excluding hydrogens is 324 g/mol. The van der Waals surface area contributed by atoms with E-state index in [-0.39, 0.29) is 0 Å². The maximum Gasteiger partial charge on any atom is 0.255 e. The number of carbonyl (C=O) groups excluding carboxylic acids is 1. The van der Waals surface area contributed by atoms with Crippen molar-refractivity contribution in [3.8, 4) is 0 Å². The first-order chi connectivity index (χ1) is 12.0. The van der Waals surface area contributed by atoms with Crippen molar-refractivity contribution in [2.24, 2.45) is 0 Å². The van der Waals surface area contributed by atoms with Gasteiger partial charge in [0.15, 0.2) is 0 Å². The molecule has 0 spiro atoms. The number of hydrogen-bond donors (Lipinski definition) is 2. The van der Waals surface area contributed by atoms with Gasteiger partial charge < -0.3 is 15.5 Å². The molecule has 0 atom stereocenters. The lowest BCUT2D eigenvalue weighted by Gasteiger charge is -2.30. The van der Waals surface area contributed by atoms with E-state index in [9.17, 15) is 13.6 Å². The lowest BCUT2D eigenvalue weighted by Crippen LogP contribution is -2.36. The van der Waals surface area contributed by atoms with Crippen LogP contribution in [0.3, 0.4) is 0 Å². The zero-order valence-corrected chi connectivity index (χ0v) is 14.1. The van der Waals surface area contributed by atoms with Crippen LogP contribution in [0, 0.1) is 11.6 Å². The van der Waals surface area contributed by atoms with Crippen molar-refractivity contribution in [2.75, 3.05) is 30.8 Å². The Bertz CT molecular complexity index is 741. The van der Waals surface area contributed by atoms with Gasteiger partial charge in [-0.05, 0) is 75.4 Å².